The van der Waals surface area contributed by atoms with Crippen molar-refractivity contribution in [3.05, 3.63) is 40.7 Å². The smallest absolute Gasteiger partial charge is 0.229 e. The molecular formula is C25H31ClN6O4S. The van der Waals surface area contributed by atoms with Crippen LogP contribution in [0, 0.1) is 12.8 Å². The van der Waals surface area contributed by atoms with Gasteiger partial charge in [0.1, 0.15) is 10.8 Å². The number of ether oxygens (including phenoxy) is 1. The van der Waals surface area contributed by atoms with Gasteiger partial charge < -0.3 is 15.4 Å². The number of halogens is 1. The third-order valence-electron chi connectivity index (χ3n) is 5.86. The maximum Gasteiger partial charge on any atom is 0.229 e. The van der Waals surface area contributed by atoms with E-state index in [1.165, 1.54) is 10.9 Å². The van der Waals surface area contributed by atoms with Gasteiger partial charge in [-0.3, -0.25) is 9.48 Å². The van der Waals surface area contributed by atoms with Gasteiger partial charge in [0.2, 0.25) is 20.8 Å². The summed E-state index contributed by atoms with van der Waals surface area (Å²) in [5.41, 5.74) is 2.29. The van der Waals surface area contributed by atoms with Crippen molar-refractivity contribution in [1.29, 1.82) is 0 Å². The van der Waals surface area contributed by atoms with Gasteiger partial charge in [-0.15, -0.1) is 0 Å². The summed E-state index contributed by atoms with van der Waals surface area (Å²) >= 11 is 6.35. The van der Waals surface area contributed by atoms with Crippen molar-refractivity contribution >= 4 is 50.4 Å². The van der Waals surface area contributed by atoms with Gasteiger partial charge in [0, 0.05) is 24.7 Å². The molecule has 12 heteroatoms. The van der Waals surface area contributed by atoms with Crippen LogP contribution in [0.5, 0.6) is 5.75 Å². The van der Waals surface area contributed by atoms with Gasteiger partial charge in [0.25, 0.3) is 0 Å². The second-order valence-electron chi connectivity index (χ2n) is 9.75. The number of carbonyl (C=O) groups is 1. The lowest BCUT2D eigenvalue weighted by molar-refractivity contribution is 0.0938. The van der Waals surface area contributed by atoms with E-state index in [4.69, 9.17) is 16.3 Å². The van der Waals surface area contributed by atoms with Crippen molar-refractivity contribution in [2.24, 2.45) is 13.0 Å². The van der Waals surface area contributed by atoms with Gasteiger partial charge >= 0.3 is 0 Å². The summed E-state index contributed by atoms with van der Waals surface area (Å²) in [7, 11) is -2.02. The molecule has 1 aliphatic rings. The van der Waals surface area contributed by atoms with E-state index in [9.17, 15) is 13.2 Å². The first-order chi connectivity index (χ1) is 17.4. The molecular weight excluding hydrogens is 516 g/mol. The normalized spacial score (nSPS) is 13.8. The van der Waals surface area contributed by atoms with E-state index >= 15 is 0 Å². The summed E-state index contributed by atoms with van der Waals surface area (Å²) in [6, 6.07) is 3.61. The number of nitrogens with zero attached hydrogens (tertiary/aromatic N) is 4. The fraction of sp³-hybridized carbons (Fsp3) is 0.440. The number of carbonyl (C=O) groups excluding carboxylic acids is 1. The van der Waals surface area contributed by atoms with Crippen molar-refractivity contribution in [2.45, 2.75) is 63.8 Å². The first-order valence-electron chi connectivity index (χ1n) is 12.1. The van der Waals surface area contributed by atoms with E-state index in [1.807, 2.05) is 26.8 Å². The summed E-state index contributed by atoms with van der Waals surface area (Å²) in [5.74, 6) is 0.870. The number of anilines is 4. The average Bonchev–Trinajstić information content (AvgIpc) is 3.56. The lowest BCUT2D eigenvalue weighted by atomic mass is 9.96. The number of aryl methyl sites for hydroxylation is 2. The highest BCUT2D eigenvalue weighted by Gasteiger charge is 2.28. The minimum Gasteiger partial charge on any atom is -0.488 e. The van der Waals surface area contributed by atoms with E-state index in [-0.39, 0.29) is 45.3 Å². The Morgan fingerprint density at radius 3 is 2.49 bits per heavy atom. The third kappa shape index (κ3) is 5.88. The Labute approximate surface area is 221 Å². The Morgan fingerprint density at radius 1 is 1.16 bits per heavy atom. The van der Waals surface area contributed by atoms with Crippen molar-refractivity contribution in [3.63, 3.8) is 0 Å². The van der Waals surface area contributed by atoms with Crippen LogP contribution in [0.15, 0.2) is 29.6 Å². The molecule has 2 aromatic heterocycles. The number of sulfone groups is 1. The minimum atomic E-state index is -3.65. The van der Waals surface area contributed by atoms with E-state index in [1.54, 1.807) is 33.2 Å². The Morgan fingerprint density at radius 2 is 1.86 bits per heavy atom. The van der Waals surface area contributed by atoms with Crippen LogP contribution in [0.2, 0.25) is 5.02 Å². The maximum absolute atomic E-state index is 12.8. The highest BCUT2D eigenvalue weighted by Crippen LogP contribution is 2.37. The molecule has 198 valence electrons. The quantitative estimate of drug-likeness (QED) is 0.329. The molecule has 2 N–H and O–H groups in total. The predicted octanol–water partition coefficient (Wildman–Crippen LogP) is 5.22. The van der Waals surface area contributed by atoms with Gasteiger partial charge in [-0.2, -0.15) is 10.1 Å². The molecule has 4 rings (SSSR count). The summed E-state index contributed by atoms with van der Waals surface area (Å²) < 4.78 is 33.1. The van der Waals surface area contributed by atoms with Crippen LogP contribution in [0.3, 0.4) is 0 Å². The number of hydrogen-bond acceptors (Lipinski definition) is 9. The van der Waals surface area contributed by atoms with Crippen LogP contribution in [-0.2, 0) is 16.9 Å². The second kappa shape index (κ2) is 10.3. The Bertz CT molecular complexity index is 1450. The molecule has 3 aromatic rings. The predicted molar refractivity (Wildman–Crippen MR) is 143 cm³/mol. The topological polar surface area (TPSA) is 128 Å². The number of nitrogens with one attached hydrogen (secondary N) is 2. The number of hydrogen-bond donors (Lipinski definition) is 2. The summed E-state index contributed by atoms with van der Waals surface area (Å²) in [6.45, 7) is 8.79. The van der Waals surface area contributed by atoms with Crippen LogP contribution in [0.25, 0.3) is 0 Å². The highest BCUT2D eigenvalue weighted by atomic mass is 35.5. The Balaban J connectivity index is 1.67. The van der Waals surface area contributed by atoms with E-state index < -0.39 is 15.1 Å². The zero-order valence-corrected chi connectivity index (χ0v) is 23.2. The molecule has 37 heavy (non-hydrogen) atoms. The number of ketones is 1. The second-order valence-corrected chi connectivity index (χ2v) is 12.6. The zero-order valence-electron chi connectivity index (χ0n) is 21.7. The molecule has 10 nitrogen and oxygen atoms in total. The molecule has 1 fully saturated rings. The molecule has 2 heterocycles. The Kier molecular flexibility index (Phi) is 7.48. The molecule has 0 aliphatic heterocycles. The highest BCUT2D eigenvalue weighted by molar-refractivity contribution is 7.92. The molecule has 0 amide bonds. The molecule has 1 aliphatic carbocycles. The van der Waals surface area contributed by atoms with E-state index in [0.29, 0.717) is 17.0 Å². The standard InChI is InChI=1S/C25H31ClN6O4S/c1-13(2)22(33)17-10-21(36-16-7-8-16)19(9-15(17)5)29-25-27-11-18(26)23(30-25)28-20-12-32(6)31-24(20)37(34,35)14(3)4/h9-14,16H,7-8H2,1-6H3,(H2,27,28,29,30). The van der Waals surface area contributed by atoms with E-state index in [2.05, 4.69) is 25.7 Å². The van der Waals surface area contributed by atoms with Crippen LogP contribution in [-0.4, -0.2) is 45.3 Å². The van der Waals surface area contributed by atoms with Crippen LogP contribution in [0.4, 0.5) is 23.1 Å². The number of benzene rings is 1. The zero-order chi connectivity index (χ0) is 27.1. The average molecular weight is 547 g/mol. The van der Waals surface area contributed by atoms with Gasteiger partial charge in [0.15, 0.2) is 11.6 Å². The lowest BCUT2D eigenvalue weighted by Gasteiger charge is -2.17. The molecule has 1 saturated carbocycles. The first-order valence-corrected chi connectivity index (χ1v) is 14.0. The fourth-order valence-corrected chi connectivity index (χ4v) is 4.81. The number of Topliss-reactive ketones (excluding diaryl/α,β-unsaturated/α-hetero) is 1. The Hall–Kier alpha value is -3.18. The van der Waals surface area contributed by atoms with Gasteiger partial charge in [0.05, 0.1) is 28.9 Å². The summed E-state index contributed by atoms with van der Waals surface area (Å²) in [6.07, 6.45) is 4.99. The first kappa shape index (κ1) is 26.9. The third-order valence-corrected chi connectivity index (χ3v) is 8.22. The fourth-order valence-electron chi connectivity index (χ4n) is 3.58. The monoisotopic (exact) mass is 546 g/mol. The van der Waals surface area contributed by atoms with Crippen molar-refractivity contribution in [1.82, 2.24) is 19.7 Å². The molecule has 0 unspecified atom stereocenters. The molecule has 1 aromatic carbocycles. The number of aromatic nitrogens is 4. The minimum absolute atomic E-state index is 0.0440. The maximum atomic E-state index is 12.8. The molecule has 0 spiro atoms. The number of rotatable bonds is 10. The lowest BCUT2D eigenvalue weighted by Crippen LogP contribution is -2.16. The van der Waals surface area contributed by atoms with Crippen LogP contribution < -0.4 is 15.4 Å². The molecule has 0 saturated heterocycles. The SMILES string of the molecule is Cc1cc(Nc2ncc(Cl)c(Nc3cn(C)nc3S(=O)(=O)C(C)C)n2)c(OC2CC2)cc1C(=O)C(C)C. The van der Waals surface area contributed by atoms with Crippen molar-refractivity contribution < 1.29 is 17.9 Å². The van der Waals surface area contributed by atoms with Gasteiger partial charge in [-0.25, -0.2) is 13.4 Å². The van der Waals surface area contributed by atoms with E-state index in [0.717, 1.165) is 18.4 Å². The van der Waals surface area contributed by atoms with Crippen LogP contribution >= 0.6 is 11.6 Å². The summed E-state index contributed by atoms with van der Waals surface area (Å²) in [5, 5.41) is 9.75. The van der Waals surface area contributed by atoms with Crippen molar-refractivity contribution in [2.75, 3.05) is 10.6 Å². The summed E-state index contributed by atoms with van der Waals surface area (Å²) in [4.78, 5) is 21.5. The van der Waals surface area contributed by atoms with Gasteiger partial charge in [-0.1, -0.05) is 25.4 Å². The largest absolute Gasteiger partial charge is 0.488 e. The van der Waals surface area contributed by atoms with Crippen LogP contribution in [0.1, 0.15) is 56.5 Å². The molecule has 0 bridgehead atoms. The van der Waals surface area contributed by atoms with Gasteiger partial charge in [-0.05, 0) is 51.3 Å². The molecule has 0 radical (unpaired) electrons. The molecule has 0 atom stereocenters. The van der Waals surface area contributed by atoms with Crippen molar-refractivity contribution in [3.8, 4) is 5.75 Å².